The molecule has 1 aromatic rings. The highest BCUT2D eigenvalue weighted by Crippen LogP contribution is 2.25. The van der Waals surface area contributed by atoms with Crippen LogP contribution in [0.3, 0.4) is 0 Å². The van der Waals surface area contributed by atoms with E-state index >= 15 is 0 Å². The van der Waals surface area contributed by atoms with E-state index < -0.39 is 0 Å². The van der Waals surface area contributed by atoms with Gasteiger partial charge >= 0.3 is 0 Å². The zero-order valence-electron chi connectivity index (χ0n) is 7.11. The van der Waals surface area contributed by atoms with E-state index in [9.17, 15) is 0 Å². The van der Waals surface area contributed by atoms with Gasteiger partial charge in [0.05, 0.1) is 13.1 Å². The summed E-state index contributed by atoms with van der Waals surface area (Å²) in [5.41, 5.74) is 0.741. The summed E-state index contributed by atoms with van der Waals surface area (Å²) in [6.07, 6.45) is 0. The molecule has 0 atom stereocenters. The van der Waals surface area contributed by atoms with E-state index in [0.29, 0.717) is 0 Å². The van der Waals surface area contributed by atoms with Crippen LogP contribution in [0.5, 0.6) is 5.75 Å². The van der Waals surface area contributed by atoms with Crippen LogP contribution in [-0.4, -0.2) is 20.2 Å². The van der Waals surface area contributed by atoms with E-state index in [2.05, 4.69) is 16.0 Å². The summed E-state index contributed by atoms with van der Waals surface area (Å²) in [6, 6.07) is 9.97. The van der Waals surface area contributed by atoms with Gasteiger partial charge in [0.1, 0.15) is 11.4 Å². The maximum Gasteiger partial charge on any atom is 0.145 e. The molecule has 0 saturated heterocycles. The highest BCUT2D eigenvalue weighted by molar-refractivity contribution is 5.59. The van der Waals surface area contributed by atoms with Crippen LogP contribution < -0.4 is 4.74 Å². The Morgan fingerprint density at radius 1 is 1.33 bits per heavy atom. The van der Waals surface area contributed by atoms with E-state index in [4.69, 9.17) is 4.74 Å². The smallest absolute Gasteiger partial charge is 0.145 e. The molecular formula is C9H10N2O. The first-order valence-electron chi connectivity index (χ1n) is 3.56. The van der Waals surface area contributed by atoms with Gasteiger partial charge in [0.15, 0.2) is 0 Å². The fourth-order valence-corrected chi connectivity index (χ4v) is 0.826. The van der Waals surface area contributed by atoms with Gasteiger partial charge in [-0.25, -0.2) is 4.99 Å². The molecule has 62 valence electrons. The van der Waals surface area contributed by atoms with Crippen molar-refractivity contribution in [3.8, 4) is 5.75 Å². The molecule has 0 heterocycles. The molecule has 0 saturated carbocycles. The molecule has 1 aromatic carbocycles. The summed E-state index contributed by atoms with van der Waals surface area (Å²) in [7, 11) is 3.23. The molecule has 0 radical (unpaired) electrons. The quantitative estimate of drug-likeness (QED) is 0.613. The SMILES string of the molecule is CN=C=Nc1ccccc1OC. The zero-order valence-corrected chi connectivity index (χ0v) is 7.11. The number of ether oxygens (including phenoxy) is 1. The third kappa shape index (κ3) is 1.94. The van der Waals surface area contributed by atoms with Crippen LogP contribution in [0.15, 0.2) is 34.3 Å². The molecule has 0 fully saturated rings. The van der Waals surface area contributed by atoms with Gasteiger partial charge < -0.3 is 4.74 Å². The topological polar surface area (TPSA) is 34.0 Å². The van der Waals surface area contributed by atoms with Crippen LogP contribution in [0.2, 0.25) is 0 Å². The highest BCUT2D eigenvalue weighted by atomic mass is 16.5. The van der Waals surface area contributed by atoms with Crippen molar-refractivity contribution in [2.24, 2.45) is 9.98 Å². The van der Waals surface area contributed by atoms with Crippen LogP contribution >= 0.6 is 0 Å². The largest absolute Gasteiger partial charge is 0.494 e. The van der Waals surface area contributed by atoms with Crippen molar-refractivity contribution < 1.29 is 4.74 Å². The Morgan fingerprint density at radius 3 is 2.75 bits per heavy atom. The molecule has 0 aromatic heterocycles. The number of methoxy groups -OCH3 is 1. The summed E-state index contributed by atoms with van der Waals surface area (Å²) in [5, 5.41) is 0. The Labute approximate surface area is 71.4 Å². The maximum absolute atomic E-state index is 5.07. The Hall–Kier alpha value is -1.60. The van der Waals surface area contributed by atoms with Crippen LogP contribution in [0, 0.1) is 0 Å². The lowest BCUT2D eigenvalue weighted by Crippen LogP contribution is -1.81. The van der Waals surface area contributed by atoms with Crippen LogP contribution in [0.25, 0.3) is 0 Å². The zero-order chi connectivity index (χ0) is 8.81. The van der Waals surface area contributed by atoms with Gasteiger partial charge in [-0.3, -0.25) is 0 Å². The Balaban J connectivity index is 3.05. The first kappa shape index (κ1) is 8.50. The average Bonchev–Trinajstić information content (AvgIpc) is 2.15. The van der Waals surface area contributed by atoms with Crippen LogP contribution in [0.1, 0.15) is 0 Å². The number of hydrogen-bond donors (Lipinski definition) is 0. The van der Waals surface area contributed by atoms with Crippen molar-refractivity contribution in [2.45, 2.75) is 0 Å². The van der Waals surface area contributed by atoms with Crippen molar-refractivity contribution >= 4 is 11.7 Å². The molecule has 0 N–H and O–H groups in total. The number of benzene rings is 1. The van der Waals surface area contributed by atoms with Crippen molar-refractivity contribution in [3.63, 3.8) is 0 Å². The molecule has 0 bridgehead atoms. The Kier molecular flexibility index (Phi) is 3.05. The van der Waals surface area contributed by atoms with Crippen LogP contribution in [-0.2, 0) is 0 Å². The lowest BCUT2D eigenvalue weighted by molar-refractivity contribution is 0.416. The molecule has 0 unspecified atom stereocenters. The minimum absolute atomic E-state index is 0.730. The molecule has 0 amide bonds. The van der Waals surface area contributed by atoms with Crippen molar-refractivity contribution in [1.29, 1.82) is 0 Å². The predicted octanol–water partition coefficient (Wildman–Crippen LogP) is 2.13. The molecule has 0 spiro atoms. The number of para-hydroxylation sites is 2. The first-order valence-corrected chi connectivity index (χ1v) is 3.56. The average molecular weight is 162 g/mol. The summed E-state index contributed by atoms with van der Waals surface area (Å²) in [5.74, 6) is 0.730. The van der Waals surface area contributed by atoms with Gasteiger partial charge in [0.2, 0.25) is 0 Å². The number of aliphatic imine (C=N–C) groups is 2. The molecule has 0 aliphatic rings. The van der Waals surface area contributed by atoms with E-state index in [0.717, 1.165) is 11.4 Å². The lowest BCUT2D eigenvalue weighted by atomic mass is 10.3. The molecular weight excluding hydrogens is 152 g/mol. The summed E-state index contributed by atoms with van der Waals surface area (Å²) in [4.78, 5) is 7.59. The second-order valence-corrected chi connectivity index (χ2v) is 2.11. The maximum atomic E-state index is 5.07. The summed E-state index contributed by atoms with van der Waals surface area (Å²) < 4.78 is 5.07. The van der Waals surface area contributed by atoms with Crippen molar-refractivity contribution in [2.75, 3.05) is 14.2 Å². The number of nitrogens with zero attached hydrogens (tertiary/aromatic N) is 2. The normalized spacial score (nSPS) is 8.50. The van der Waals surface area contributed by atoms with Gasteiger partial charge in [0, 0.05) is 7.05 Å². The third-order valence-electron chi connectivity index (χ3n) is 1.36. The molecule has 12 heavy (non-hydrogen) atoms. The van der Waals surface area contributed by atoms with E-state index in [1.165, 1.54) is 0 Å². The third-order valence-corrected chi connectivity index (χ3v) is 1.36. The molecule has 3 nitrogen and oxygen atoms in total. The molecule has 0 aliphatic carbocycles. The Bertz CT molecular complexity index is 314. The monoisotopic (exact) mass is 162 g/mol. The fraction of sp³-hybridized carbons (Fsp3) is 0.222. The van der Waals surface area contributed by atoms with Crippen molar-refractivity contribution in [3.05, 3.63) is 24.3 Å². The number of hydrogen-bond acceptors (Lipinski definition) is 3. The molecule has 1 rings (SSSR count). The minimum atomic E-state index is 0.730. The summed E-state index contributed by atoms with van der Waals surface area (Å²) in [6.45, 7) is 0. The van der Waals surface area contributed by atoms with Gasteiger partial charge in [-0.1, -0.05) is 12.1 Å². The fourth-order valence-electron chi connectivity index (χ4n) is 0.826. The van der Waals surface area contributed by atoms with Gasteiger partial charge in [0.25, 0.3) is 0 Å². The van der Waals surface area contributed by atoms with E-state index in [1.54, 1.807) is 14.2 Å². The van der Waals surface area contributed by atoms with Crippen molar-refractivity contribution in [1.82, 2.24) is 0 Å². The lowest BCUT2D eigenvalue weighted by Gasteiger charge is -2.00. The molecule has 3 heteroatoms. The standard InChI is InChI=1S/C9H10N2O/c1-10-7-11-8-5-3-4-6-9(8)12-2/h3-6H,1-2H3. The molecule has 0 aliphatic heterocycles. The number of rotatable bonds is 2. The first-order chi connectivity index (χ1) is 5.88. The Morgan fingerprint density at radius 2 is 2.08 bits per heavy atom. The van der Waals surface area contributed by atoms with E-state index in [1.807, 2.05) is 24.3 Å². The second kappa shape index (κ2) is 4.31. The van der Waals surface area contributed by atoms with Crippen LogP contribution in [0.4, 0.5) is 5.69 Å². The highest BCUT2D eigenvalue weighted by Gasteiger charge is 1.96. The minimum Gasteiger partial charge on any atom is -0.494 e. The van der Waals surface area contributed by atoms with Gasteiger partial charge in [-0.15, -0.1) is 0 Å². The second-order valence-electron chi connectivity index (χ2n) is 2.11. The predicted molar refractivity (Wildman–Crippen MR) is 48.4 cm³/mol. The summed E-state index contributed by atoms with van der Waals surface area (Å²) >= 11 is 0. The van der Waals surface area contributed by atoms with E-state index in [-0.39, 0.29) is 0 Å². The van der Waals surface area contributed by atoms with Gasteiger partial charge in [-0.2, -0.15) is 4.99 Å². The van der Waals surface area contributed by atoms with Gasteiger partial charge in [-0.05, 0) is 12.1 Å².